The fourth-order valence-corrected chi connectivity index (χ4v) is 3.69. The van der Waals surface area contributed by atoms with Crippen molar-refractivity contribution in [1.29, 1.82) is 0 Å². The smallest absolute Gasteiger partial charge is 0.263 e. The van der Waals surface area contributed by atoms with Gasteiger partial charge in [0.25, 0.3) is 5.91 Å². The molecule has 25 heavy (non-hydrogen) atoms. The summed E-state index contributed by atoms with van der Waals surface area (Å²) in [5.74, 6) is -0.758. The molecule has 0 saturated carbocycles. The van der Waals surface area contributed by atoms with Crippen LogP contribution in [-0.4, -0.2) is 15.9 Å². The number of oxazole rings is 1. The zero-order valence-corrected chi connectivity index (χ0v) is 14.7. The van der Waals surface area contributed by atoms with Crippen molar-refractivity contribution >= 4 is 34.1 Å². The summed E-state index contributed by atoms with van der Waals surface area (Å²) in [5, 5.41) is 2.67. The standard InChI is InChI=1S/C16H13F2N3O2S2/c1-2-9-6-19-12(23-9)8-24-13-7-20-16(25-13)21-15(22)14-10(17)4-3-5-11(14)18/h3-7H,2,8H2,1H3,(H,20,21,22). The van der Waals surface area contributed by atoms with Crippen molar-refractivity contribution in [2.24, 2.45) is 0 Å². The molecule has 0 radical (unpaired) electrons. The Bertz CT molecular complexity index is 875. The van der Waals surface area contributed by atoms with E-state index in [9.17, 15) is 13.6 Å². The van der Waals surface area contributed by atoms with Gasteiger partial charge < -0.3 is 4.42 Å². The van der Waals surface area contributed by atoms with Crippen LogP contribution in [0.15, 0.2) is 39.2 Å². The summed E-state index contributed by atoms with van der Waals surface area (Å²) < 4.78 is 33.5. The van der Waals surface area contributed by atoms with E-state index in [0.29, 0.717) is 11.6 Å². The van der Waals surface area contributed by atoms with Crippen LogP contribution < -0.4 is 5.32 Å². The van der Waals surface area contributed by atoms with Gasteiger partial charge in [-0.3, -0.25) is 10.1 Å². The van der Waals surface area contributed by atoms with Crippen LogP contribution in [0.5, 0.6) is 0 Å². The van der Waals surface area contributed by atoms with E-state index in [0.717, 1.165) is 28.5 Å². The maximum Gasteiger partial charge on any atom is 0.263 e. The molecule has 0 saturated heterocycles. The van der Waals surface area contributed by atoms with Crippen molar-refractivity contribution in [1.82, 2.24) is 9.97 Å². The van der Waals surface area contributed by atoms with Gasteiger partial charge in [0, 0.05) is 6.42 Å². The number of thiazole rings is 1. The van der Waals surface area contributed by atoms with E-state index >= 15 is 0 Å². The summed E-state index contributed by atoms with van der Waals surface area (Å²) in [7, 11) is 0. The SMILES string of the molecule is CCc1cnc(CSc2cnc(NC(=O)c3c(F)cccc3F)s2)o1. The lowest BCUT2D eigenvalue weighted by Gasteiger charge is -2.03. The summed E-state index contributed by atoms with van der Waals surface area (Å²) >= 11 is 2.65. The van der Waals surface area contributed by atoms with Gasteiger partial charge >= 0.3 is 0 Å². The van der Waals surface area contributed by atoms with Crippen molar-refractivity contribution in [3.05, 3.63) is 59.4 Å². The minimum Gasteiger partial charge on any atom is -0.445 e. The molecular weight excluding hydrogens is 368 g/mol. The summed E-state index contributed by atoms with van der Waals surface area (Å²) in [6.07, 6.45) is 4.05. The number of rotatable bonds is 6. The highest BCUT2D eigenvalue weighted by atomic mass is 32.2. The number of aryl methyl sites for hydroxylation is 1. The fraction of sp³-hybridized carbons (Fsp3) is 0.188. The number of nitrogens with one attached hydrogen (secondary N) is 1. The van der Waals surface area contributed by atoms with Crippen LogP contribution in [0.4, 0.5) is 13.9 Å². The molecule has 3 rings (SSSR count). The zero-order valence-electron chi connectivity index (χ0n) is 13.1. The van der Waals surface area contributed by atoms with Gasteiger partial charge in [0.05, 0.1) is 22.4 Å². The second kappa shape index (κ2) is 7.75. The molecule has 0 aliphatic carbocycles. The van der Waals surface area contributed by atoms with Crippen molar-refractivity contribution in [3.63, 3.8) is 0 Å². The third kappa shape index (κ3) is 4.23. The number of anilines is 1. The van der Waals surface area contributed by atoms with E-state index in [-0.39, 0.29) is 5.13 Å². The van der Waals surface area contributed by atoms with Gasteiger partial charge in [-0.2, -0.15) is 0 Å². The van der Waals surface area contributed by atoms with E-state index in [4.69, 9.17) is 4.42 Å². The fourth-order valence-electron chi connectivity index (χ4n) is 1.97. The van der Waals surface area contributed by atoms with Crippen molar-refractivity contribution in [2.75, 3.05) is 5.32 Å². The molecule has 5 nitrogen and oxygen atoms in total. The molecule has 2 heterocycles. The Hall–Kier alpha value is -2.26. The molecule has 0 spiro atoms. The van der Waals surface area contributed by atoms with Crippen molar-refractivity contribution < 1.29 is 18.0 Å². The first-order valence-corrected chi connectivity index (χ1v) is 9.14. The van der Waals surface area contributed by atoms with Gasteiger partial charge in [-0.05, 0) is 12.1 Å². The third-order valence-corrected chi connectivity index (χ3v) is 5.27. The summed E-state index contributed by atoms with van der Waals surface area (Å²) in [6, 6.07) is 3.26. The number of carbonyl (C=O) groups is 1. The lowest BCUT2D eigenvalue weighted by Crippen LogP contribution is -2.15. The number of benzene rings is 1. The molecule has 1 amide bonds. The average Bonchev–Trinajstić information content (AvgIpc) is 3.21. The second-order valence-electron chi connectivity index (χ2n) is 4.90. The number of thioether (sulfide) groups is 1. The molecule has 1 aromatic carbocycles. The molecular formula is C16H13F2N3O2S2. The number of hydrogen-bond acceptors (Lipinski definition) is 6. The Labute approximate surface area is 150 Å². The van der Waals surface area contributed by atoms with Crippen molar-refractivity contribution in [2.45, 2.75) is 23.3 Å². The molecule has 0 atom stereocenters. The Morgan fingerprint density at radius 1 is 1.28 bits per heavy atom. The normalized spacial score (nSPS) is 10.8. The Balaban J connectivity index is 1.62. The van der Waals surface area contributed by atoms with Gasteiger partial charge in [0.15, 0.2) is 5.13 Å². The second-order valence-corrected chi connectivity index (χ2v) is 7.20. The first-order chi connectivity index (χ1) is 12.1. The number of aromatic nitrogens is 2. The minimum atomic E-state index is -0.917. The number of carbonyl (C=O) groups excluding carboxylic acids is 1. The van der Waals surface area contributed by atoms with Crippen LogP contribution >= 0.6 is 23.1 Å². The van der Waals surface area contributed by atoms with Crippen LogP contribution in [0.1, 0.15) is 28.9 Å². The maximum atomic E-state index is 13.6. The highest BCUT2D eigenvalue weighted by Gasteiger charge is 2.18. The third-order valence-electron chi connectivity index (χ3n) is 3.18. The first kappa shape index (κ1) is 17.6. The zero-order chi connectivity index (χ0) is 17.8. The lowest BCUT2D eigenvalue weighted by atomic mass is 10.2. The van der Waals surface area contributed by atoms with Gasteiger partial charge in [-0.25, -0.2) is 18.7 Å². The molecule has 1 N–H and O–H groups in total. The predicted molar refractivity (Wildman–Crippen MR) is 91.9 cm³/mol. The predicted octanol–water partition coefficient (Wildman–Crippen LogP) is 4.52. The topological polar surface area (TPSA) is 68.0 Å². The van der Waals surface area contributed by atoms with E-state index in [1.807, 2.05) is 6.92 Å². The molecule has 9 heteroatoms. The van der Waals surface area contributed by atoms with Gasteiger partial charge in [0.1, 0.15) is 23.0 Å². The van der Waals surface area contributed by atoms with E-state index < -0.39 is 23.1 Å². The molecule has 2 aromatic heterocycles. The van der Waals surface area contributed by atoms with E-state index in [1.165, 1.54) is 29.2 Å². The molecule has 130 valence electrons. The summed E-state index contributed by atoms with van der Waals surface area (Å²) in [4.78, 5) is 20.2. The Kier molecular flexibility index (Phi) is 5.44. The highest BCUT2D eigenvalue weighted by molar-refractivity contribution is 8.00. The van der Waals surface area contributed by atoms with Gasteiger partial charge in [-0.1, -0.05) is 24.3 Å². The molecule has 3 aromatic rings. The van der Waals surface area contributed by atoms with Crippen LogP contribution in [0.25, 0.3) is 0 Å². The Morgan fingerprint density at radius 3 is 2.72 bits per heavy atom. The average molecular weight is 381 g/mol. The lowest BCUT2D eigenvalue weighted by molar-refractivity contribution is 0.101. The minimum absolute atomic E-state index is 0.261. The number of amides is 1. The molecule has 0 unspecified atom stereocenters. The van der Waals surface area contributed by atoms with E-state index in [1.54, 1.807) is 12.4 Å². The highest BCUT2D eigenvalue weighted by Crippen LogP contribution is 2.31. The molecule has 0 aliphatic heterocycles. The first-order valence-electron chi connectivity index (χ1n) is 7.34. The monoisotopic (exact) mass is 381 g/mol. The van der Waals surface area contributed by atoms with Crippen LogP contribution in [0, 0.1) is 11.6 Å². The summed E-state index contributed by atoms with van der Waals surface area (Å²) in [5.41, 5.74) is -0.626. The van der Waals surface area contributed by atoms with Crippen LogP contribution in [-0.2, 0) is 12.2 Å². The number of nitrogens with zero attached hydrogens (tertiary/aromatic N) is 2. The van der Waals surface area contributed by atoms with E-state index in [2.05, 4.69) is 15.3 Å². The van der Waals surface area contributed by atoms with Gasteiger partial charge in [-0.15, -0.1) is 11.8 Å². The van der Waals surface area contributed by atoms with Crippen LogP contribution in [0.2, 0.25) is 0 Å². The molecule has 0 fully saturated rings. The summed E-state index contributed by atoms with van der Waals surface area (Å²) in [6.45, 7) is 1.98. The molecule has 0 bridgehead atoms. The Morgan fingerprint density at radius 2 is 2.04 bits per heavy atom. The van der Waals surface area contributed by atoms with Crippen molar-refractivity contribution in [3.8, 4) is 0 Å². The quantitative estimate of drug-likeness (QED) is 0.636. The van der Waals surface area contributed by atoms with Crippen LogP contribution in [0.3, 0.4) is 0 Å². The largest absolute Gasteiger partial charge is 0.445 e. The van der Waals surface area contributed by atoms with Gasteiger partial charge in [0.2, 0.25) is 5.89 Å². The number of halogens is 2. The molecule has 0 aliphatic rings. The maximum absolute atomic E-state index is 13.6. The number of hydrogen-bond donors (Lipinski definition) is 1.